The van der Waals surface area contributed by atoms with Gasteiger partial charge >= 0.3 is 5.97 Å². The number of esters is 1. The topological polar surface area (TPSA) is 52.3 Å². The van der Waals surface area contributed by atoms with Crippen molar-refractivity contribution in [2.75, 3.05) is 6.61 Å². The van der Waals surface area contributed by atoms with Gasteiger partial charge in [-0.2, -0.15) is 0 Å². The molecule has 0 aliphatic rings. The van der Waals surface area contributed by atoms with Crippen molar-refractivity contribution < 1.29 is 9.53 Å². The Morgan fingerprint density at radius 1 is 0.704 bits per heavy atom. The summed E-state index contributed by atoms with van der Waals surface area (Å²) in [5.74, 6) is -0.336. The molecule has 0 aliphatic heterocycles. The Morgan fingerprint density at radius 2 is 1.07 bits per heavy atom. The molecule has 0 aromatic heterocycles. The van der Waals surface area contributed by atoms with E-state index in [0.29, 0.717) is 13.0 Å². The second-order valence-corrected chi connectivity index (χ2v) is 6.01. The van der Waals surface area contributed by atoms with Crippen molar-refractivity contribution in [3.63, 3.8) is 0 Å². The van der Waals surface area contributed by atoms with E-state index in [1.807, 2.05) is 12.2 Å². The average molecular weight is 372 g/mol. The molecular formula is C24H37NO2. The fraction of sp³-hybridized carbons (Fsp3) is 0.458. The second-order valence-electron chi connectivity index (χ2n) is 6.01. The molecule has 0 aromatic carbocycles. The number of nitrogens with two attached hydrogens (primary N) is 1. The van der Waals surface area contributed by atoms with Gasteiger partial charge in [0.05, 0.1) is 6.61 Å². The second kappa shape index (κ2) is 20.2. The van der Waals surface area contributed by atoms with Crippen LogP contribution in [0.1, 0.15) is 58.8 Å². The number of ether oxygens (including phenoxy) is 1. The molecule has 0 aromatic rings. The molecule has 0 saturated carbocycles. The molecular weight excluding hydrogens is 334 g/mol. The van der Waals surface area contributed by atoms with Crippen LogP contribution in [0.15, 0.2) is 72.9 Å². The predicted octanol–water partition coefficient (Wildman–Crippen LogP) is 5.96. The average Bonchev–Trinajstić information content (AvgIpc) is 2.67. The Kier molecular flexibility index (Phi) is 18.6. The number of carbonyl (C=O) groups excluding carboxylic acids is 1. The summed E-state index contributed by atoms with van der Waals surface area (Å²) >= 11 is 0. The number of rotatable bonds is 15. The zero-order valence-corrected chi connectivity index (χ0v) is 17.1. The maximum atomic E-state index is 11.3. The summed E-state index contributed by atoms with van der Waals surface area (Å²) in [6.07, 6.45) is 32.2. The third-order valence-electron chi connectivity index (χ3n) is 3.58. The molecule has 0 amide bonds. The van der Waals surface area contributed by atoms with Crippen LogP contribution in [-0.2, 0) is 9.53 Å². The van der Waals surface area contributed by atoms with Crippen molar-refractivity contribution in [1.82, 2.24) is 0 Å². The normalized spacial score (nSPS) is 14.0. The lowest BCUT2D eigenvalue weighted by molar-refractivity contribution is -0.144. The van der Waals surface area contributed by atoms with Crippen LogP contribution in [0.4, 0.5) is 0 Å². The molecule has 3 nitrogen and oxygen atoms in total. The summed E-state index contributed by atoms with van der Waals surface area (Å²) in [7, 11) is 0. The van der Waals surface area contributed by atoms with Crippen molar-refractivity contribution in [2.24, 2.45) is 5.73 Å². The monoisotopic (exact) mass is 371 g/mol. The van der Waals surface area contributed by atoms with Crippen molar-refractivity contribution in [2.45, 2.75) is 64.8 Å². The van der Waals surface area contributed by atoms with E-state index in [2.05, 4.69) is 67.7 Å². The molecule has 1 atom stereocenters. The highest BCUT2D eigenvalue weighted by Crippen LogP contribution is 1.98. The van der Waals surface area contributed by atoms with Crippen LogP contribution in [0.3, 0.4) is 0 Å². The molecule has 0 bridgehead atoms. The van der Waals surface area contributed by atoms with Crippen molar-refractivity contribution in [3.8, 4) is 0 Å². The maximum Gasteiger partial charge on any atom is 0.323 e. The van der Waals surface area contributed by atoms with Gasteiger partial charge in [-0.3, -0.25) is 4.79 Å². The lowest BCUT2D eigenvalue weighted by Gasteiger charge is -2.06. The zero-order valence-electron chi connectivity index (χ0n) is 17.1. The van der Waals surface area contributed by atoms with Gasteiger partial charge in [-0.05, 0) is 51.9 Å². The Labute approximate surface area is 166 Å². The van der Waals surface area contributed by atoms with Crippen LogP contribution >= 0.6 is 0 Å². The van der Waals surface area contributed by atoms with Crippen molar-refractivity contribution >= 4 is 5.97 Å². The zero-order chi connectivity index (χ0) is 20.0. The summed E-state index contributed by atoms with van der Waals surface area (Å²) in [6, 6.07) is -0.561. The first-order valence-electron chi connectivity index (χ1n) is 10.0. The van der Waals surface area contributed by atoms with Gasteiger partial charge in [-0.25, -0.2) is 0 Å². The highest BCUT2D eigenvalue weighted by Gasteiger charge is 2.11. The quantitative estimate of drug-likeness (QED) is 0.285. The maximum absolute atomic E-state index is 11.3. The van der Waals surface area contributed by atoms with Crippen LogP contribution in [0, 0.1) is 0 Å². The number of carbonyl (C=O) groups is 1. The Bertz CT molecular complexity index is 524. The molecule has 0 radical (unpaired) electrons. The van der Waals surface area contributed by atoms with E-state index >= 15 is 0 Å². The summed E-state index contributed by atoms with van der Waals surface area (Å²) in [6.45, 7) is 4.30. The van der Waals surface area contributed by atoms with Gasteiger partial charge in [0.25, 0.3) is 0 Å². The van der Waals surface area contributed by atoms with E-state index in [0.717, 1.165) is 38.5 Å². The van der Waals surface area contributed by atoms with Crippen LogP contribution in [-0.4, -0.2) is 18.6 Å². The van der Waals surface area contributed by atoms with E-state index < -0.39 is 6.04 Å². The summed E-state index contributed by atoms with van der Waals surface area (Å²) in [5.41, 5.74) is 5.71. The molecule has 2 N–H and O–H groups in total. The number of hydrogen-bond donors (Lipinski definition) is 1. The van der Waals surface area contributed by atoms with Gasteiger partial charge in [0.1, 0.15) is 6.04 Å². The Balaban J connectivity index is 3.65. The minimum atomic E-state index is -0.561. The van der Waals surface area contributed by atoms with Crippen molar-refractivity contribution in [3.05, 3.63) is 72.9 Å². The van der Waals surface area contributed by atoms with Gasteiger partial charge in [0, 0.05) is 0 Å². The van der Waals surface area contributed by atoms with Crippen LogP contribution in [0.2, 0.25) is 0 Å². The minimum absolute atomic E-state index is 0.336. The molecule has 27 heavy (non-hydrogen) atoms. The number of hydrogen-bond acceptors (Lipinski definition) is 3. The number of allylic oxidation sites excluding steroid dienone is 11. The van der Waals surface area contributed by atoms with Crippen molar-refractivity contribution in [1.29, 1.82) is 0 Å². The van der Waals surface area contributed by atoms with E-state index in [-0.39, 0.29) is 5.97 Å². The smallest absolute Gasteiger partial charge is 0.323 e. The highest BCUT2D eigenvalue weighted by atomic mass is 16.5. The first-order chi connectivity index (χ1) is 13.2. The van der Waals surface area contributed by atoms with Crippen LogP contribution < -0.4 is 5.73 Å². The summed E-state index contributed by atoms with van der Waals surface area (Å²) in [5, 5.41) is 0. The third kappa shape index (κ3) is 18.5. The van der Waals surface area contributed by atoms with E-state index in [4.69, 9.17) is 10.5 Å². The SMILES string of the molecule is CCC=CCC=CCC=CCC=CCC=CCC=CCC(N)C(=O)OCC. The molecule has 0 aliphatic carbocycles. The molecule has 0 rings (SSSR count). The largest absolute Gasteiger partial charge is 0.465 e. The standard InChI is InChI=1S/C24H37NO2/c1-3-5-6-7-8-9-10-11-12-13-14-15-16-17-18-19-20-21-22-23(25)24(26)27-4-2/h5-6,8-9,11-12,14-15,17-18,20-21,23H,3-4,7,10,13,16,19,22,25H2,1-2H3. The lowest BCUT2D eigenvalue weighted by Crippen LogP contribution is -2.31. The molecule has 0 fully saturated rings. The lowest BCUT2D eigenvalue weighted by atomic mass is 10.2. The van der Waals surface area contributed by atoms with Gasteiger partial charge < -0.3 is 10.5 Å². The molecule has 0 spiro atoms. The van der Waals surface area contributed by atoms with E-state index in [1.54, 1.807) is 6.92 Å². The van der Waals surface area contributed by atoms with Crippen LogP contribution in [0.5, 0.6) is 0 Å². The van der Waals surface area contributed by atoms with Gasteiger partial charge in [-0.1, -0.05) is 79.8 Å². The molecule has 3 heteroatoms. The molecule has 0 saturated heterocycles. The third-order valence-corrected chi connectivity index (χ3v) is 3.58. The minimum Gasteiger partial charge on any atom is -0.465 e. The first kappa shape index (κ1) is 24.9. The summed E-state index contributed by atoms with van der Waals surface area (Å²) in [4.78, 5) is 11.3. The first-order valence-corrected chi connectivity index (χ1v) is 10.0. The van der Waals surface area contributed by atoms with Gasteiger partial charge in [0.15, 0.2) is 0 Å². The Morgan fingerprint density at radius 3 is 1.44 bits per heavy atom. The van der Waals surface area contributed by atoms with E-state index in [1.165, 1.54) is 0 Å². The van der Waals surface area contributed by atoms with Crippen LogP contribution in [0.25, 0.3) is 0 Å². The summed E-state index contributed by atoms with van der Waals surface area (Å²) < 4.78 is 4.86. The van der Waals surface area contributed by atoms with E-state index in [9.17, 15) is 4.79 Å². The Hall–Kier alpha value is -2.13. The molecule has 1 unspecified atom stereocenters. The fourth-order valence-electron chi connectivity index (χ4n) is 2.11. The molecule has 150 valence electrons. The highest BCUT2D eigenvalue weighted by molar-refractivity contribution is 5.75. The van der Waals surface area contributed by atoms with Gasteiger partial charge in [0.2, 0.25) is 0 Å². The fourth-order valence-corrected chi connectivity index (χ4v) is 2.11. The van der Waals surface area contributed by atoms with Gasteiger partial charge in [-0.15, -0.1) is 0 Å². The molecule has 0 heterocycles. The predicted molar refractivity (Wildman–Crippen MR) is 117 cm³/mol.